The molecule has 0 aliphatic rings. The summed E-state index contributed by atoms with van der Waals surface area (Å²) in [7, 11) is 1.50. The van der Waals surface area contributed by atoms with E-state index >= 15 is 0 Å². The molecule has 1 atom stereocenters. The van der Waals surface area contributed by atoms with Gasteiger partial charge in [0, 0.05) is 11.3 Å². The normalized spacial score (nSPS) is 11.7. The van der Waals surface area contributed by atoms with Gasteiger partial charge in [0.25, 0.3) is 5.91 Å². The molecule has 2 aromatic carbocycles. The van der Waals surface area contributed by atoms with Gasteiger partial charge in [-0.05, 0) is 48.4 Å². The third-order valence-corrected chi connectivity index (χ3v) is 3.84. The molecule has 0 aromatic heterocycles. The molecule has 0 bridgehead atoms. The summed E-state index contributed by atoms with van der Waals surface area (Å²) in [5.41, 5.74) is 7.00. The number of benzene rings is 2. The molecule has 7 heteroatoms. The molecule has 4 N–H and O–H groups in total. The third kappa shape index (κ3) is 4.72. The minimum atomic E-state index is -0.768. The number of carbonyl (C=O) groups excluding carboxylic acids is 2. The van der Waals surface area contributed by atoms with E-state index in [1.165, 1.54) is 31.4 Å². The van der Waals surface area contributed by atoms with Crippen LogP contribution in [0.1, 0.15) is 24.2 Å². The fourth-order valence-corrected chi connectivity index (χ4v) is 2.39. The van der Waals surface area contributed by atoms with Crippen LogP contribution in [0.2, 0.25) is 0 Å². The molecule has 26 heavy (non-hydrogen) atoms. The molecular formula is C19H22FN3O3. The van der Waals surface area contributed by atoms with Gasteiger partial charge in [0.2, 0.25) is 5.91 Å². The molecule has 0 heterocycles. The highest BCUT2D eigenvalue weighted by Crippen LogP contribution is 2.24. The van der Waals surface area contributed by atoms with Crippen LogP contribution in [0.4, 0.5) is 15.8 Å². The molecule has 2 aromatic rings. The maximum absolute atomic E-state index is 13.0. The van der Waals surface area contributed by atoms with E-state index in [2.05, 4.69) is 10.6 Å². The van der Waals surface area contributed by atoms with Crippen LogP contribution in [-0.4, -0.2) is 25.0 Å². The first-order valence-electron chi connectivity index (χ1n) is 8.12. The summed E-state index contributed by atoms with van der Waals surface area (Å²) in [6.45, 7) is 3.63. The van der Waals surface area contributed by atoms with Crippen LogP contribution in [0.5, 0.6) is 5.75 Å². The highest BCUT2D eigenvalue weighted by molar-refractivity contribution is 6.01. The highest BCUT2D eigenvalue weighted by Gasteiger charge is 2.25. The number of rotatable bonds is 6. The lowest BCUT2D eigenvalue weighted by Crippen LogP contribution is -2.47. The summed E-state index contributed by atoms with van der Waals surface area (Å²) in [5, 5.41) is 5.41. The van der Waals surface area contributed by atoms with Crippen molar-refractivity contribution in [2.24, 2.45) is 5.92 Å². The van der Waals surface area contributed by atoms with Crippen LogP contribution in [0.25, 0.3) is 0 Å². The third-order valence-electron chi connectivity index (χ3n) is 3.84. The first kappa shape index (κ1) is 19.2. The second-order valence-electron chi connectivity index (χ2n) is 6.15. The van der Waals surface area contributed by atoms with E-state index in [9.17, 15) is 14.0 Å². The Labute approximate surface area is 151 Å². The van der Waals surface area contributed by atoms with Gasteiger partial charge in [-0.2, -0.15) is 0 Å². The Kier molecular flexibility index (Phi) is 6.16. The van der Waals surface area contributed by atoms with Crippen molar-refractivity contribution in [3.05, 3.63) is 53.8 Å². The van der Waals surface area contributed by atoms with Crippen molar-refractivity contribution in [3.63, 3.8) is 0 Å². The largest absolute Gasteiger partial charge is 0.495 e. The van der Waals surface area contributed by atoms with Gasteiger partial charge < -0.3 is 21.1 Å². The number of ether oxygens (including phenoxy) is 1. The standard InChI is InChI=1S/C19H22FN3O3/c1-11(2)17(23-18(24)12-4-6-13(20)7-5-12)19(25)22-14-8-9-16(26-3)15(21)10-14/h4-11,17H,21H2,1-3H3,(H,22,25)(H,23,24). The zero-order valence-electron chi connectivity index (χ0n) is 14.9. The second kappa shape index (κ2) is 8.33. The van der Waals surface area contributed by atoms with Crippen LogP contribution < -0.4 is 21.1 Å². The number of hydrogen-bond acceptors (Lipinski definition) is 4. The van der Waals surface area contributed by atoms with Crippen LogP contribution in [0, 0.1) is 11.7 Å². The van der Waals surface area contributed by atoms with Crippen molar-refractivity contribution >= 4 is 23.2 Å². The highest BCUT2D eigenvalue weighted by atomic mass is 19.1. The van der Waals surface area contributed by atoms with Gasteiger partial charge in [-0.1, -0.05) is 13.8 Å². The number of methoxy groups -OCH3 is 1. The van der Waals surface area contributed by atoms with E-state index in [1.54, 1.807) is 18.2 Å². The lowest BCUT2D eigenvalue weighted by Gasteiger charge is -2.22. The molecular weight excluding hydrogens is 337 g/mol. The fraction of sp³-hybridized carbons (Fsp3) is 0.263. The Morgan fingerprint density at radius 2 is 1.77 bits per heavy atom. The molecule has 0 fully saturated rings. The van der Waals surface area contributed by atoms with E-state index in [-0.39, 0.29) is 17.4 Å². The number of nitrogen functional groups attached to an aromatic ring is 1. The van der Waals surface area contributed by atoms with Gasteiger partial charge in [0.05, 0.1) is 12.8 Å². The maximum atomic E-state index is 13.0. The summed E-state index contributed by atoms with van der Waals surface area (Å²) < 4.78 is 18.1. The van der Waals surface area contributed by atoms with E-state index in [1.807, 2.05) is 13.8 Å². The number of carbonyl (C=O) groups is 2. The van der Waals surface area contributed by atoms with Gasteiger partial charge >= 0.3 is 0 Å². The van der Waals surface area contributed by atoms with Crippen LogP contribution >= 0.6 is 0 Å². The van der Waals surface area contributed by atoms with E-state index in [0.717, 1.165) is 0 Å². The molecule has 0 saturated heterocycles. The molecule has 2 rings (SSSR count). The van der Waals surface area contributed by atoms with Gasteiger partial charge in [-0.25, -0.2) is 4.39 Å². The Morgan fingerprint density at radius 3 is 2.31 bits per heavy atom. The Balaban J connectivity index is 2.10. The van der Waals surface area contributed by atoms with Crippen LogP contribution in [0.3, 0.4) is 0 Å². The van der Waals surface area contributed by atoms with Crippen LogP contribution in [0.15, 0.2) is 42.5 Å². The monoisotopic (exact) mass is 359 g/mol. The van der Waals surface area contributed by atoms with Crippen molar-refractivity contribution < 1.29 is 18.7 Å². The molecule has 0 aliphatic carbocycles. The lowest BCUT2D eigenvalue weighted by molar-refractivity contribution is -0.118. The van der Waals surface area contributed by atoms with Gasteiger partial charge in [-0.3, -0.25) is 9.59 Å². The molecule has 0 saturated carbocycles. The van der Waals surface area contributed by atoms with Gasteiger partial charge in [-0.15, -0.1) is 0 Å². The van der Waals surface area contributed by atoms with E-state index < -0.39 is 17.8 Å². The quantitative estimate of drug-likeness (QED) is 0.692. The number of amides is 2. The summed E-state index contributed by atoms with van der Waals surface area (Å²) in [5.74, 6) is -0.909. The topological polar surface area (TPSA) is 93.5 Å². The van der Waals surface area contributed by atoms with E-state index in [0.29, 0.717) is 17.1 Å². The average Bonchev–Trinajstić information content (AvgIpc) is 2.59. The lowest BCUT2D eigenvalue weighted by atomic mass is 10.0. The number of halogens is 1. The van der Waals surface area contributed by atoms with Crippen molar-refractivity contribution in [1.29, 1.82) is 0 Å². The van der Waals surface area contributed by atoms with Gasteiger partial charge in [0.1, 0.15) is 17.6 Å². The minimum Gasteiger partial charge on any atom is -0.495 e. The Bertz CT molecular complexity index is 791. The number of anilines is 2. The summed E-state index contributed by atoms with van der Waals surface area (Å²) in [4.78, 5) is 24.9. The predicted molar refractivity (Wildman–Crippen MR) is 98.5 cm³/mol. The SMILES string of the molecule is COc1ccc(NC(=O)C(NC(=O)c2ccc(F)cc2)C(C)C)cc1N. The molecule has 0 spiro atoms. The number of nitrogens with one attached hydrogen (secondary N) is 2. The van der Waals surface area contributed by atoms with E-state index in [4.69, 9.17) is 10.5 Å². The molecule has 6 nitrogen and oxygen atoms in total. The molecule has 0 aliphatic heterocycles. The fourth-order valence-electron chi connectivity index (χ4n) is 2.39. The average molecular weight is 359 g/mol. The Morgan fingerprint density at radius 1 is 1.12 bits per heavy atom. The first-order chi connectivity index (χ1) is 12.3. The molecule has 138 valence electrons. The Hall–Kier alpha value is -3.09. The summed E-state index contributed by atoms with van der Waals surface area (Å²) in [6.07, 6.45) is 0. The van der Waals surface area contributed by atoms with Crippen molar-refractivity contribution in [1.82, 2.24) is 5.32 Å². The number of nitrogens with two attached hydrogens (primary N) is 1. The number of hydrogen-bond donors (Lipinski definition) is 3. The second-order valence-corrected chi connectivity index (χ2v) is 6.15. The zero-order chi connectivity index (χ0) is 19.3. The molecule has 1 unspecified atom stereocenters. The van der Waals surface area contributed by atoms with Crippen molar-refractivity contribution in [2.45, 2.75) is 19.9 Å². The van der Waals surface area contributed by atoms with Gasteiger partial charge in [0.15, 0.2) is 0 Å². The van der Waals surface area contributed by atoms with Crippen molar-refractivity contribution in [3.8, 4) is 5.75 Å². The maximum Gasteiger partial charge on any atom is 0.251 e. The predicted octanol–water partition coefficient (Wildman–Crippen LogP) is 2.81. The zero-order valence-corrected chi connectivity index (χ0v) is 14.9. The van der Waals surface area contributed by atoms with Crippen molar-refractivity contribution in [2.75, 3.05) is 18.2 Å². The first-order valence-corrected chi connectivity index (χ1v) is 8.12. The molecule has 0 radical (unpaired) electrons. The summed E-state index contributed by atoms with van der Waals surface area (Å²) >= 11 is 0. The minimum absolute atomic E-state index is 0.157. The van der Waals surface area contributed by atoms with Crippen LogP contribution in [-0.2, 0) is 4.79 Å². The smallest absolute Gasteiger partial charge is 0.251 e. The summed E-state index contributed by atoms with van der Waals surface area (Å²) in [6, 6.07) is 9.23. The molecule has 2 amide bonds.